The number of anilines is 2. The van der Waals surface area contributed by atoms with E-state index in [0.717, 1.165) is 48.4 Å². The molecule has 1 amide bonds. The van der Waals surface area contributed by atoms with E-state index in [-0.39, 0.29) is 5.91 Å². The van der Waals surface area contributed by atoms with Crippen molar-refractivity contribution >= 4 is 28.1 Å². The Morgan fingerprint density at radius 1 is 1.12 bits per heavy atom. The molecule has 0 spiro atoms. The van der Waals surface area contributed by atoms with Gasteiger partial charge in [-0.25, -0.2) is 4.98 Å². The normalized spacial score (nSPS) is 14.2. The number of morpholine rings is 1. The van der Waals surface area contributed by atoms with Crippen LogP contribution in [0.4, 0.5) is 10.8 Å². The minimum atomic E-state index is -0.221. The number of carbonyl (C=O) groups excluding carboxylic acids is 1. The van der Waals surface area contributed by atoms with E-state index >= 15 is 0 Å². The quantitative estimate of drug-likeness (QED) is 0.767. The molecular formula is C19H18N4O2S. The van der Waals surface area contributed by atoms with Crippen molar-refractivity contribution in [2.24, 2.45) is 0 Å². The van der Waals surface area contributed by atoms with Gasteiger partial charge in [0.25, 0.3) is 5.91 Å². The summed E-state index contributed by atoms with van der Waals surface area (Å²) in [5, 5.41) is 5.94. The van der Waals surface area contributed by atoms with Crippen molar-refractivity contribution in [1.82, 2.24) is 9.97 Å². The molecule has 7 heteroatoms. The molecule has 0 atom stereocenters. The van der Waals surface area contributed by atoms with E-state index in [1.54, 1.807) is 35.7 Å². The number of hydrogen-bond acceptors (Lipinski definition) is 6. The summed E-state index contributed by atoms with van der Waals surface area (Å²) < 4.78 is 5.39. The third-order valence-corrected chi connectivity index (χ3v) is 5.01. The number of hydrogen-bond donors (Lipinski definition) is 1. The van der Waals surface area contributed by atoms with Crippen molar-refractivity contribution in [1.29, 1.82) is 0 Å². The van der Waals surface area contributed by atoms with E-state index in [1.165, 1.54) is 0 Å². The van der Waals surface area contributed by atoms with Crippen molar-refractivity contribution in [3.63, 3.8) is 0 Å². The maximum Gasteiger partial charge on any atom is 0.274 e. The fraction of sp³-hybridized carbons (Fsp3) is 0.211. The van der Waals surface area contributed by atoms with Crippen LogP contribution in [0, 0.1) is 0 Å². The van der Waals surface area contributed by atoms with E-state index in [2.05, 4.69) is 20.6 Å². The van der Waals surface area contributed by atoms with Gasteiger partial charge < -0.3 is 15.0 Å². The average molecular weight is 366 g/mol. The summed E-state index contributed by atoms with van der Waals surface area (Å²) in [4.78, 5) is 23.2. The highest BCUT2D eigenvalue weighted by atomic mass is 32.1. The van der Waals surface area contributed by atoms with Crippen LogP contribution < -0.4 is 10.2 Å². The molecule has 2 aromatic heterocycles. The van der Waals surface area contributed by atoms with Crippen LogP contribution in [0.25, 0.3) is 11.3 Å². The smallest absolute Gasteiger partial charge is 0.274 e. The SMILES string of the molecule is O=C(Nc1ccc(-c2csc(N3CCOCC3)n2)cc1)c1ccccn1. The van der Waals surface area contributed by atoms with E-state index in [9.17, 15) is 4.79 Å². The summed E-state index contributed by atoms with van der Waals surface area (Å²) in [5.41, 5.74) is 3.09. The largest absolute Gasteiger partial charge is 0.378 e. The van der Waals surface area contributed by atoms with E-state index < -0.39 is 0 Å². The maximum atomic E-state index is 12.1. The lowest BCUT2D eigenvalue weighted by Gasteiger charge is -2.26. The Kier molecular flexibility index (Phi) is 4.90. The highest BCUT2D eigenvalue weighted by Gasteiger charge is 2.15. The average Bonchev–Trinajstić information content (AvgIpc) is 3.20. The molecule has 0 saturated carbocycles. The third kappa shape index (κ3) is 3.74. The number of carbonyl (C=O) groups is 1. The highest BCUT2D eigenvalue weighted by Crippen LogP contribution is 2.28. The van der Waals surface area contributed by atoms with Crippen molar-refractivity contribution in [3.05, 3.63) is 59.7 Å². The molecule has 3 aromatic rings. The molecule has 0 bridgehead atoms. The van der Waals surface area contributed by atoms with Crippen molar-refractivity contribution < 1.29 is 9.53 Å². The summed E-state index contributed by atoms with van der Waals surface area (Å²) in [7, 11) is 0. The van der Waals surface area contributed by atoms with Gasteiger partial charge in [-0.05, 0) is 24.3 Å². The molecule has 4 rings (SSSR count). The van der Waals surface area contributed by atoms with Crippen LogP contribution in [0.1, 0.15) is 10.5 Å². The molecule has 1 N–H and O–H groups in total. The van der Waals surface area contributed by atoms with Gasteiger partial charge in [0, 0.05) is 35.9 Å². The summed E-state index contributed by atoms with van der Waals surface area (Å²) >= 11 is 1.64. The van der Waals surface area contributed by atoms with E-state index in [4.69, 9.17) is 9.72 Å². The second-order valence-electron chi connectivity index (χ2n) is 5.86. The first-order valence-corrected chi connectivity index (χ1v) is 9.28. The first-order valence-electron chi connectivity index (χ1n) is 8.41. The lowest BCUT2D eigenvalue weighted by molar-refractivity contribution is 0.102. The summed E-state index contributed by atoms with van der Waals surface area (Å²) in [6.45, 7) is 3.26. The fourth-order valence-electron chi connectivity index (χ4n) is 2.71. The molecule has 0 aliphatic carbocycles. The Labute approximate surface area is 155 Å². The Bertz CT molecular complexity index is 874. The summed E-state index contributed by atoms with van der Waals surface area (Å²) in [6, 6.07) is 12.9. The standard InChI is InChI=1S/C19H18N4O2S/c24-18(16-3-1-2-8-20-16)21-15-6-4-14(5-7-15)17-13-26-19(22-17)23-9-11-25-12-10-23/h1-8,13H,9-12H2,(H,21,24). The number of rotatable bonds is 4. The molecule has 1 aliphatic heterocycles. The zero-order valence-corrected chi connectivity index (χ0v) is 14.9. The van der Waals surface area contributed by atoms with Crippen LogP contribution in [0.3, 0.4) is 0 Å². The lowest BCUT2D eigenvalue weighted by atomic mass is 10.1. The van der Waals surface area contributed by atoms with Crippen molar-refractivity contribution in [3.8, 4) is 11.3 Å². The second-order valence-corrected chi connectivity index (χ2v) is 6.70. The number of nitrogens with zero attached hydrogens (tertiary/aromatic N) is 3. The first kappa shape index (κ1) is 16.7. The summed E-state index contributed by atoms with van der Waals surface area (Å²) in [5.74, 6) is -0.221. The molecule has 26 heavy (non-hydrogen) atoms. The third-order valence-electron chi connectivity index (χ3n) is 4.11. The molecule has 3 heterocycles. The van der Waals surface area contributed by atoms with Gasteiger partial charge >= 0.3 is 0 Å². The molecule has 1 aliphatic rings. The highest BCUT2D eigenvalue weighted by molar-refractivity contribution is 7.14. The molecule has 0 unspecified atom stereocenters. The van der Waals surface area contributed by atoms with Crippen LogP contribution >= 0.6 is 11.3 Å². The lowest BCUT2D eigenvalue weighted by Crippen LogP contribution is -2.36. The van der Waals surface area contributed by atoms with Gasteiger partial charge in [-0.3, -0.25) is 9.78 Å². The number of benzene rings is 1. The molecule has 132 valence electrons. The van der Waals surface area contributed by atoms with Gasteiger partial charge in [0.15, 0.2) is 5.13 Å². The van der Waals surface area contributed by atoms with Crippen LogP contribution in [0.5, 0.6) is 0 Å². The Morgan fingerprint density at radius 3 is 2.65 bits per heavy atom. The minimum absolute atomic E-state index is 0.221. The number of amides is 1. The van der Waals surface area contributed by atoms with Gasteiger partial charge in [0.1, 0.15) is 5.69 Å². The molecule has 0 radical (unpaired) electrons. The number of aromatic nitrogens is 2. The van der Waals surface area contributed by atoms with Gasteiger partial charge in [0.2, 0.25) is 0 Å². The predicted octanol–water partition coefficient (Wildman–Crippen LogP) is 3.29. The first-order chi connectivity index (χ1) is 12.8. The van der Waals surface area contributed by atoms with E-state index in [0.29, 0.717) is 5.69 Å². The predicted molar refractivity (Wildman–Crippen MR) is 103 cm³/mol. The number of thiazole rings is 1. The van der Waals surface area contributed by atoms with Crippen LogP contribution in [0.15, 0.2) is 54.0 Å². The minimum Gasteiger partial charge on any atom is -0.378 e. The molecule has 1 fully saturated rings. The molecule has 1 saturated heterocycles. The number of pyridine rings is 1. The zero-order valence-electron chi connectivity index (χ0n) is 14.1. The topological polar surface area (TPSA) is 67.4 Å². The Hall–Kier alpha value is -2.77. The number of nitrogens with one attached hydrogen (secondary N) is 1. The number of ether oxygens (including phenoxy) is 1. The fourth-order valence-corrected chi connectivity index (χ4v) is 3.60. The molecule has 6 nitrogen and oxygen atoms in total. The molecule has 1 aromatic carbocycles. The summed E-state index contributed by atoms with van der Waals surface area (Å²) in [6.07, 6.45) is 1.60. The zero-order chi connectivity index (χ0) is 17.8. The Morgan fingerprint density at radius 2 is 1.92 bits per heavy atom. The van der Waals surface area contributed by atoms with Gasteiger partial charge in [-0.1, -0.05) is 18.2 Å². The van der Waals surface area contributed by atoms with Crippen molar-refractivity contribution in [2.45, 2.75) is 0 Å². The van der Waals surface area contributed by atoms with Gasteiger partial charge in [-0.15, -0.1) is 11.3 Å². The molecular weight excluding hydrogens is 348 g/mol. The Balaban J connectivity index is 1.44. The van der Waals surface area contributed by atoms with E-state index in [1.807, 2.05) is 24.3 Å². The second kappa shape index (κ2) is 7.63. The van der Waals surface area contributed by atoms with Crippen LogP contribution in [0.2, 0.25) is 0 Å². The van der Waals surface area contributed by atoms with Crippen molar-refractivity contribution in [2.75, 3.05) is 36.5 Å². The van der Waals surface area contributed by atoms with Gasteiger partial charge in [0.05, 0.1) is 18.9 Å². The van der Waals surface area contributed by atoms with Crippen LogP contribution in [-0.4, -0.2) is 42.2 Å². The van der Waals surface area contributed by atoms with Crippen LogP contribution in [-0.2, 0) is 4.74 Å². The van der Waals surface area contributed by atoms with Gasteiger partial charge in [-0.2, -0.15) is 0 Å². The maximum absolute atomic E-state index is 12.1. The monoisotopic (exact) mass is 366 g/mol.